The minimum atomic E-state index is -0.410. The number of carbonyl (C=O) groups excluding carboxylic acids is 2. The Morgan fingerprint density at radius 1 is 1.17 bits per heavy atom. The third kappa shape index (κ3) is 3.90. The van der Waals surface area contributed by atoms with E-state index in [0.717, 1.165) is 23.5 Å². The third-order valence-corrected chi connectivity index (χ3v) is 4.50. The first-order chi connectivity index (χ1) is 11.6. The van der Waals surface area contributed by atoms with E-state index in [-0.39, 0.29) is 11.8 Å². The van der Waals surface area contributed by atoms with E-state index < -0.39 is 6.03 Å². The SMILES string of the molecule is NC(=O)N1CCC(C(=O)NCCc2ccc3c(c2)OCCO3)CC1. The van der Waals surface area contributed by atoms with Crippen molar-refractivity contribution >= 4 is 11.9 Å². The molecule has 2 heterocycles. The van der Waals surface area contributed by atoms with Crippen molar-refractivity contribution in [2.24, 2.45) is 11.7 Å². The summed E-state index contributed by atoms with van der Waals surface area (Å²) in [5.41, 5.74) is 6.35. The second-order valence-corrected chi connectivity index (χ2v) is 6.12. The number of hydrogen-bond acceptors (Lipinski definition) is 4. The molecule has 3 N–H and O–H groups in total. The zero-order chi connectivity index (χ0) is 16.9. The van der Waals surface area contributed by atoms with E-state index in [0.29, 0.717) is 45.7 Å². The van der Waals surface area contributed by atoms with Gasteiger partial charge in [-0.3, -0.25) is 4.79 Å². The Hall–Kier alpha value is -2.44. The van der Waals surface area contributed by atoms with Gasteiger partial charge in [-0.1, -0.05) is 6.07 Å². The maximum absolute atomic E-state index is 12.2. The lowest BCUT2D eigenvalue weighted by atomic mass is 9.96. The molecule has 0 atom stereocenters. The minimum absolute atomic E-state index is 0.0409. The molecular formula is C17H23N3O4. The first kappa shape index (κ1) is 16.4. The van der Waals surface area contributed by atoms with Crippen LogP contribution < -0.4 is 20.5 Å². The highest BCUT2D eigenvalue weighted by Gasteiger charge is 2.26. The Kier molecular flexibility index (Phi) is 5.08. The minimum Gasteiger partial charge on any atom is -0.486 e. The fourth-order valence-corrected chi connectivity index (χ4v) is 3.08. The number of fused-ring (bicyclic) bond motifs is 1. The lowest BCUT2D eigenvalue weighted by Gasteiger charge is -2.29. The number of nitrogens with one attached hydrogen (secondary N) is 1. The summed E-state index contributed by atoms with van der Waals surface area (Å²) in [6.07, 6.45) is 2.07. The number of carbonyl (C=O) groups is 2. The van der Waals surface area contributed by atoms with Gasteiger partial charge in [0.15, 0.2) is 11.5 Å². The summed E-state index contributed by atoms with van der Waals surface area (Å²) in [6.45, 7) is 2.83. The van der Waals surface area contributed by atoms with Crippen LogP contribution in [0.2, 0.25) is 0 Å². The van der Waals surface area contributed by atoms with Crippen molar-refractivity contribution in [1.82, 2.24) is 10.2 Å². The number of urea groups is 1. The number of rotatable bonds is 4. The van der Waals surface area contributed by atoms with Gasteiger partial charge in [0.25, 0.3) is 0 Å². The zero-order valence-corrected chi connectivity index (χ0v) is 13.6. The van der Waals surface area contributed by atoms with Gasteiger partial charge < -0.3 is 25.4 Å². The van der Waals surface area contributed by atoms with Crippen LogP contribution in [0, 0.1) is 5.92 Å². The van der Waals surface area contributed by atoms with Gasteiger partial charge >= 0.3 is 6.03 Å². The second kappa shape index (κ2) is 7.42. The molecule has 0 aromatic heterocycles. The lowest BCUT2D eigenvalue weighted by molar-refractivity contribution is -0.126. The Morgan fingerprint density at radius 2 is 1.88 bits per heavy atom. The quantitative estimate of drug-likeness (QED) is 0.856. The average molecular weight is 333 g/mol. The van der Waals surface area contributed by atoms with Crippen molar-refractivity contribution < 1.29 is 19.1 Å². The fourth-order valence-electron chi connectivity index (χ4n) is 3.08. The number of likely N-dealkylation sites (tertiary alicyclic amines) is 1. The molecule has 0 bridgehead atoms. The number of ether oxygens (including phenoxy) is 2. The molecule has 1 fully saturated rings. The highest BCUT2D eigenvalue weighted by Crippen LogP contribution is 2.30. The molecule has 0 radical (unpaired) electrons. The smallest absolute Gasteiger partial charge is 0.314 e. The molecule has 1 aromatic rings. The summed E-state index contributed by atoms with van der Waals surface area (Å²) in [5, 5.41) is 2.98. The Bertz CT molecular complexity index is 612. The van der Waals surface area contributed by atoms with Crippen molar-refractivity contribution in [1.29, 1.82) is 0 Å². The molecule has 3 rings (SSSR count). The molecule has 130 valence electrons. The van der Waals surface area contributed by atoms with Gasteiger partial charge in [-0.25, -0.2) is 4.79 Å². The monoisotopic (exact) mass is 333 g/mol. The molecule has 7 nitrogen and oxygen atoms in total. The number of nitrogens with zero attached hydrogens (tertiary/aromatic N) is 1. The largest absolute Gasteiger partial charge is 0.486 e. The third-order valence-electron chi connectivity index (χ3n) is 4.50. The molecule has 1 saturated heterocycles. The fraction of sp³-hybridized carbons (Fsp3) is 0.529. The molecule has 0 aliphatic carbocycles. The number of piperidine rings is 1. The molecule has 7 heteroatoms. The summed E-state index contributed by atoms with van der Waals surface area (Å²) in [4.78, 5) is 24.9. The summed E-state index contributed by atoms with van der Waals surface area (Å²) >= 11 is 0. The van der Waals surface area contributed by atoms with Gasteiger partial charge in [0.05, 0.1) is 0 Å². The lowest BCUT2D eigenvalue weighted by Crippen LogP contribution is -2.45. The van der Waals surface area contributed by atoms with Gasteiger partial charge in [-0.15, -0.1) is 0 Å². The molecule has 24 heavy (non-hydrogen) atoms. The van der Waals surface area contributed by atoms with Crippen LogP contribution in [0.15, 0.2) is 18.2 Å². The predicted octanol–water partition coefficient (Wildman–Crippen LogP) is 0.907. The van der Waals surface area contributed by atoms with Crippen LogP contribution in [0.4, 0.5) is 4.79 Å². The van der Waals surface area contributed by atoms with E-state index in [9.17, 15) is 9.59 Å². The number of amides is 3. The average Bonchev–Trinajstić information content (AvgIpc) is 2.61. The normalized spacial score (nSPS) is 17.4. The number of hydrogen-bond donors (Lipinski definition) is 2. The van der Waals surface area contributed by atoms with E-state index in [1.54, 1.807) is 4.90 Å². The molecule has 0 spiro atoms. The first-order valence-corrected chi connectivity index (χ1v) is 8.34. The predicted molar refractivity (Wildman–Crippen MR) is 88.0 cm³/mol. The van der Waals surface area contributed by atoms with E-state index in [2.05, 4.69) is 5.32 Å². The molecule has 0 unspecified atom stereocenters. The van der Waals surface area contributed by atoms with E-state index in [4.69, 9.17) is 15.2 Å². The number of benzene rings is 1. The summed E-state index contributed by atoms with van der Waals surface area (Å²) in [7, 11) is 0. The van der Waals surface area contributed by atoms with Gasteiger partial charge in [0.2, 0.25) is 5.91 Å². The summed E-state index contributed by atoms with van der Waals surface area (Å²) in [6, 6.07) is 5.45. The Labute approximate surface area is 141 Å². The first-order valence-electron chi connectivity index (χ1n) is 8.34. The van der Waals surface area contributed by atoms with Crippen LogP contribution in [0.3, 0.4) is 0 Å². The van der Waals surface area contributed by atoms with Crippen molar-refractivity contribution in [3.63, 3.8) is 0 Å². The van der Waals surface area contributed by atoms with Crippen molar-refractivity contribution in [3.8, 4) is 11.5 Å². The number of nitrogens with two attached hydrogens (primary N) is 1. The van der Waals surface area contributed by atoms with Gasteiger partial charge in [-0.2, -0.15) is 0 Å². The molecule has 2 aliphatic heterocycles. The van der Waals surface area contributed by atoms with Crippen LogP contribution >= 0.6 is 0 Å². The van der Waals surface area contributed by atoms with Gasteiger partial charge in [0.1, 0.15) is 13.2 Å². The standard InChI is InChI=1S/C17H23N3O4/c18-17(22)20-7-4-13(5-8-20)16(21)19-6-3-12-1-2-14-15(11-12)24-10-9-23-14/h1-2,11,13H,3-10H2,(H2,18,22)(H,19,21). The topological polar surface area (TPSA) is 93.9 Å². The molecule has 2 aliphatic rings. The highest BCUT2D eigenvalue weighted by atomic mass is 16.6. The number of primary amides is 1. The van der Waals surface area contributed by atoms with Crippen molar-refractivity contribution in [3.05, 3.63) is 23.8 Å². The Morgan fingerprint density at radius 3 is 2.58 bits per heavy atom. The highest BCUT2D eigenvalue weighted by molar-refractivity contribution is 5.79. The second-order valence-electron chi connectivity index (χ2n) is 6.12. The molecule has 1 aromatic carbocycles. The molecular weight excluding hydrogens is 310 g/mol. The summed E-state index contributed by atoms with van der Waals surface area (Å²) in [5.74, 6) is 1.55. The van der Waals surface area contributed by atoms with Crippen LogP contribution in [0.1, 0.15) is 18.4 Å². The van der Waals surface area contributed by atoms with Crippen LogP contribution in [-0.4, -0.2) is 49.7 Å². The molecule has 3 amide bonds. The van der Waals surface area contributed by atoms with Crippen LogP contribution in [0.5, 0.6) is 11.5 Å². The van der Waals surface area contributed by atoms with E-state index in [1.807, 2.05) is 18.2 Å². The van der Waals surface area contributed by atoms with Gasteiger partial charge in [-0.05, 0) is 37.0 Å². The van der Waals surface area contributed by atoms with E-state index >= 15 is 0 Å². The molecule has 0 saturated carbocycles. The summed E-state index contributed by atoms with van der Waals surface area (Å²) < 4.78 is 11.1. The maximum atomic E-state index is 12.2. The Balaban J connectivity index is 1.43. The van der Waals surface area contributed by atoms with Gasteiger partial charge in [0, 0.05) is 25.6 Å². The maximum Gasteiger partial charge on any atom is 0.314 e. The van der Waals surface area contributed by atoms with Crippen LogP contribution in [0.25, 0.3) is 0 Å². The zero-order valence-electron chi connectivity index (χ0n) is 13.6. The van der Waals surface area contributed by atoms with Crippen molar-refractivity contribution in [2.45, 2.75) is 19.3 Å². The van der Waals surface area contributed by atoms with E-state index in [1.165, 1.54) is 0 Å². The van der Waals surface area contributed by atoms with Crippen LogP contribution in [-0.2, 0) is 11.2 Å². The van der Waals surface area contributed by atoms with Crippen molar-refractivity contribution in [2.75, 3.05) is 32.8 Å².